The van der Waals surface area contributed by atoms with Crippen LogP contribution >= 0.6 is 0 Å². The van der Waals surface area contributed by atoms with Crippen LogP contribution in [0.3, 0.4) is 0 Å². The summed E-state index contributed by atoms with van der Waals surface area (Å²) in [5, 5.41) is 3.04. The van der Waals surface area contributed by atoms with Crippen molar-refractivity contribution in [3.63, 3.8) is 0 Å². The van der Waals surface area contributed by atoms with Crippen molar-refractivity contribution < 1.29 is 13.2 Å². The fraction of sp³-hybridized carbons (Fsp3) is 0.632. The van der Waals surface area contributed by atoms with Gasteiger partial charge in [-0.05, 0) is 63.3 Å². The molecular weight excluding hydrogens is 336 g/mol. The molecule has 1 aliphatic rings. The highest BCUT2D eigenvalue weighted by atomic mass is 32.2. The summed E-state index contributed by atoms with van der Waals surface area (Å²) < 4.78 is 27.1. The van der Waals surface area contributed by atoms with Gasteiger partial charge in [-0.3, -0.25) is 4.79 Å². The van der Waals surface area contributed by atoms with Crippen LogP contribution in [0.5, 0.6) is 0 Å². The summed E-state index contributed by atoms with van der Waals surface area (Å²) in [5.74, 6) is -0.0327. The molecule has 1 fully saturated rings. The van der Waals surface area contributed by atoms with Crippen LogP contribution in [-0.2, 0) is 14.8 Å². The molecule has 1 unspecified atom stereocenters. The van der Waals surface area contributed by atoms with E-state index in [2.05, 4.69) is 12.2 Å². The van der Waals surface area contributed by atoms with Crippen molar-refractivity contribution in [2.24, 2.45) is 5.92 Å². The largest absolute Gasteiger partial charge is 0.353 e. The van der Waals surface area contributed by atoms with Gasteiger partial charge in [-0.2, -0.15) is 4.31 Å². The molecule has 1 N–H and O–H groups in total. The van der Waals surface area contributed by atoms with E-state index in [1.807, 2.05) is 26.8 Å². The number of hydrogen-bond acceptors (Lipinski definition) is 3. The van der Waals surface area contributed by atoms with Crippen LogP contribution in [-0.4, -0.2) is 37.8 Å². The quantitative estimate of drug-likeness (QED) is 0.841. The van der Waals surface area contributed by atoms with Crippen LogP contribution < -0.4 is 5.32 Å². The highest BCUT2D eigenvalue weighted by molar-refractivity contribution is 7.89. The average Bonchev–Trinajstić information content (AvgIpc) is 2.57. The van der Waals surface area contributed by atoms with Crippen LogP contribution in [0.25, 0.3) is 0 Å². The summed E-state index contributed by atoms with van der Waals surface area (Å²) in [4.78, 5) is 12.7. The fourth-order valence-electron chi connectivity index (χ4n) is 3.25. The van der Waals surface area contributed by atoms with Gasteiger partial charge in [0.2, 0.25) is 15.9 Å². The molecule has 0 radical (unpaired) electrons. The van der Waals surface area contributed by atoms with Gasteiger partial charge in [0.15, 0.2) is 0 Å². The van der Waals surface area contributed by atoms with Crippen LogP contribution in [0.1, 0.15) is 50.7 Å². The first-order valence-corrected chi connectivity index (χ1v) is 10.6. The molecule has 1 aliphatic heterocycles. The maximum atomic E-state index is 12.8. The maximum absolute atomic E-state index is 12.8. The molecule has 0 aromatic heterocycles. The monoisotopic (exact) mass is 366 g/mol. The van der Waals surface area contributed by atoms with E-state index >= 15 is 0 Å². The van der Waals surface area contributed by atoms with Crippen molar-refractivity contribution in [2.75, 3.05) is 13.1 Å². The topological polar surface area (TPSA) is 66.5 Å². The Morgan fingerprint density at radius 2 is 1.88 bits per heavy atom. The lowest BCUT2D eigenvalue weighted by Crippen LogP contribution is -2.44. The van der Waals surface area contributed by atoms with E-state index in [4.69, 9.17) is 0 Å². The number of benzene rings is 1. The molecule has 5 nitrogen and oxygen atoms in total. The van der Waals surface area contributed by atoms with Crippen molar-refractivity contribution in [1.29, 1.82) is 0 Å². The zero-order chi connectivity index (χ0) is 18.6. The molecule has 1 atom stereocenters. The molecule has 0 bridgehead atoms. The molecule has 2 rings (SSSR count). The number of hydrogen-bond donors (Lipinski definition) is 1. The smallest absolute Gasteiger partial charge is 0.243 e. The van der Waals surface area contributed by atoms with Crippen LogP contribution in [0.4, 0.5) is 0 Å². The number of carbonyl (C=O) groups excluding carboxylic acids is 1. The Morgan fingerprint density at radius 1 is 1.24 bits per heavy atom. The third kappa shape index (κ3) is 4.82. The van der Waals surface area contributed by atoms with Gasteiger partial charge in [-0.25, -0.2) is 8.42 Å². The van der Waals surface area contributed by atoms with Gasteiger partial charge in [-0.15, -0.1) is 0 Å². The first-order valence-electron chi connectivity index (χ1n) is 9.13. The van der Waals surface area contributed by atoms with Gasteiger partial charge in [0, 0.05) is 25.0 Å². The zero-order valence-corrected chi connectivity index (χ0v) is 16.5. The molecule has 6 heteroatoms. The molecule has 140 valence electrons. The molecule has 1 aromatic rings. The number of carbonyl (C=O) groups is 1. The number of rotatable bonds is 6. The lowest BCUT2D eigenvalue weighted by Gasteiger charge is -2.31. The highest BCUT2D eigenvalue weighted by Gasteiger charge is 2.32. The summed E-state index contributed by atoms with van der Waals surface area (Å²) in [6.45, 7) is 8.79. The van der Waals surface area contributed by atoms with E-state index < -0.39 is 10.0 Å². The minimum atomic E-state index is -3.48. The Kier molecular flexibility index (Phi) is 6.63. The first-order chi connectivity index (χ1) is 11.8. The average molecular weight is 367 g/mol. The summed E-state index contributed by atoms with van der Waals surface area (Å²) in [5.41, 5.74) is 2.05. The van der Waals surface area contributed by atoms with Crippen LogP contribution in [0.15, 0.2) is 23.1 Å². The summed E-state index contributed by atoms with van der Waals surface area (Å²) >= 11 is 0. The van der Waals surface area contributed by atoms with Crippen molar-refractivity contribution in [2.45, 2.75) is 64.3 Å². The van der Waals surface area contributed by atoms with Crippen LogP contribution in [0.2, 0.25) is 0 Å². The third-order valence-corrected chi connectivity index (χ3v) is 6.95. The van der Waals surface area contributed by atoms with Crippen LogP contribution in [0, 0.1) is 19.8 Å². The van der Waals surface area contributed by atoms with E-state index in [1.165, 1.54) is 4.31 Å². The molecule has 1 heterocycles. The minimum absolute atomic E-state index is 0.0594. The van der Waals surface area contributed by atoms with Crippen molar-refractivity contribution in [1.82, 2.24) is 9.62 Å². The van der Waals surface area contributed by atoms with Crippen molar-refractivity contribution in [3.05, 3.63) is 29.3 Å². The second-order valence-electron chi connectivity index (χ2n) is 7.12. The Bertz CT molecular complexity index is 707. The third-order valence-electron chi connectivity index (χ3n) is 5.05. The van der Waals surface area contributed by atoms with Gasteiger partial charge >= 0.3 is 0 Å². The molecule has 1 amide bonds. The summed E-state index contributed by atoms with van der Waals surface area (Å²) in [6, 6.07) is 5.42. The number of aryl methyl sites for hydroxylation is 2. The van der Waals surface area contributed by atoms with E-state index in [0.717, 1.165) is 24.0 Å². The Morgan fingerprint density at radius 3 is 2.44 bits per heavy atom. The predicted octanol–water partition coefficient (Wildman–Crippen LogP) is 3.01. The Labute approximate surface area is 151 Å². The van der Waals surface area contributed by atoms with Crippen molar-refractivity contribution >= 4 is 15.9 Å². The normalized spacial score (nSPS) is 18.1. The molecule has 0 spiro atoms. The predicted molar refractivity (Wildman–Crippen MR) is 99.9 cm³/mol. The lowest BCUT2D eigenvalue weighted by molar-refractivity contribution is -0.126. The van der Waals surface area contributed by atoms with Crippen molar-refractivity contribution in [3.8, 4) is 0 Å². The van der Waals surface area contributed by atoms with E-state index in [-0.39, 0.29) is 17.9 Å². The first kappa shape index (κ1) is 19.9. The number of amides is 1. The SMILES string of the molecule is CCCC(C)NC(=O)C1CCN(S(=O)(=O)c2ccc(C)c(C)c2)CC1. The minimum Gasteiger partial charge on any atom is -0.353 e. The van der Waals surface area contributed by atoms with Gasteiger partial charge < -0.3 is 5.32 Å². The fourth-order valence-corrected chi connectivity index (χ4v) is 4.80. The van der Waals surface area contributed by atoms with E-state index in [9.17, 15) is 13.2 Å². The number of nitrogens with zero attached hydrogens (tertiary/aromatic N) is 1. The lowest BCUT2D eigenvalue weighted by atomic mass is 9.96. The Hall–Kier alpha value is -1.40. The maximum Gasteiger partial charge on any atom is 0.243 e. The second kappa shape index (κ2) is 8.32. The summed E-state index contributed by atoms with van der Waals surface area (Å²) in [7, 11) is -3.48. The van der Waals surface area contributed by atoms with E-state index in [0.29, 0.717) is 30.8 Å². The number of sulfonamides is 1. The number of nitrogens with one attached hydrogen (secondary N) is 1. The Balaban J connectivity index is 1.99. The highest BCUT2D eigenvalue weighted by Crippen LogP contribution is 2.25. The number of piperidine rings is 1. The molecule has 1 aromatic carbocycles. The van der Waals surface area contributed by atoms with Gasteiger partial charge in [0.25, 0.3) is 0 Å². The van der Waals surface area contributed by atoms with E-state index in [1.54, 1.807) is 12.1 Å². The zero-order valence-electron chi connectivity index (χ0n) is 15.7. The van der Waals surface area contributed by atoms with Gasteiger partial charge in [-0.1, -0.05) is 19.4 Å². The van der Waals surface area contributed by atoms with Gasteiger partial charge in [0.1, 0.15) is 0 Å². The summed E-state index contributed by atoms with van der Waals surface area (Å²) in [6.07, 6.45) is 3.16. The molecular formula is C19H30N2O3S. The standard InChI is InChI=1S/C19H30N2O3S/c1-5-6-16(4)20-19(22)17-9-11-21(12-10-17)25(23,24)18-8-7-14(2)15(3)13-18/h7-8,13,16-17H,5-6,9-12H2,1-4H3,(H,20,22). The molecule has 0 saturated carbocycles. The van der Waals surface area contributed by atoms with Gasteiger partial charge in [0.05, 0.1) is 4.90 Å². The molecule has 25 heavy (non-hydrogen) atoms. The molecule has 1 saturated heterocycles. The second-order valence-corrected chi connectivity index (χ2v) is 9.06. The molecule has 0 aliphatic carbocycles.